The van der Waals surface area contributed by atoms with Crippen molar-refractivity contribution in [2.45, 2.75) is 33.1 Å². The van der Waals surface area contributed by atoms with Gasteiger partial charge in [-0.1, -0.05) is 32.0 Å². The minimum Gasteiger partial charge on any atom is -0.298 e. The van der Waals surface area contributed by atoms with Gasteiger partial charge in [0.15, 0.2) is 0 Å². The fourth-order valence-electron chi connectivity index (χ4n) is 2.64. The van der Waals surface area contributed by atoms with Gasteiger partial charge in [0, 0.05) is 25.6 Å². The maximum Gasteiger partial charge on any atom is 0.149 e. The average molecular weight is 289 g/mol. The largest absolute Gasteiger partial charge is 0.298 e. The average Bonchev–Trinajstić information content (AvgIpc) is 2.37. The number of ketones is 2. The van der Waals surface area contributed by atoms with Gasteiger partial charge in [-0.15, -0.1) is 0 Å². The molecule has 0 radical (unpaired) electrons. The molecule has 112 valence electrons. The van der Waals surface area contributed by atoms with E-state index < -0.39 is 5.92 Å². The Morgan fingerprint density at radius 2 is 1.86 bits per heavy atom. The lowest BCUT2D eigenvalue weighted by Crippen LogP contribution is -2.38. The van der Waals surface area contributed by atoms with Gasteiger partial charge >= 0.3 is 0 Å². The molecule has 1 fully saturated rings. The van der Waals surface area contributed by atoms with E-state index in [1.54, 1.807) is 18.2 Å². The predicted octanol–water partition coefficient (Wildman–Crippen LogP) is 3.01. The van der Waals surface area contributed by atoms with Gasteiger partial charge < -0.3 is 0 Å². The number of hydrogen-bond donors (Lipinski definition) is 0. The van der Waals surface area contributed by atoms with Crippen molar-refractivity contribution in [2.24, 2.45) is 16.3 Å². The van der Waals surface area contributed by atoms with Gasteiger partial charge in [-0.2, -0.15) is 0 Å². The van der Waals surface area contributed by atoms with E-state index in [0.29, 0.717) is 31.4 Å². The Labute approximate surface area is 124 Å². The number of aliphatic imine (C=N–C) groups is 1. The number of carbonyl (C=O) groups excluding carboxylic acids is 2. The third kappa shape index (κ3) is 4.06. The lowest BCUT2D eigenvalue weighted by Gasteiger charge is -2.30. The highest BCUT2D eigenvalue weighted by Gasteiger charge is 2.38. The van der Waals surface area contributed by atoms with Crippen LogP contribution in [-0.2, 0) is 16.0 Å². The van der Waals surface area contributed by atoms with Crippen LogP contribution in [0.15, 0.2) is 29.3 Å². The number of benzene rings is 1. The molecular formula is C17H20FNO2. The number of rotatable bonds is 4. The van der Waals surface area contributed by atoms with Crippen LogP contribution >= 0.6 is 0 Å². The van der Waals surface area contributed by atoms with Crippen molar-refractivity contribution in [1.82, 2.24) is 0 Å². The first-order chi connectivity index (χ1) is 9.89. The van der Waals surface area contributed by atoms with Gasteiger partial charge in [0.2, 0.25) is 0 Å². The molecule has 4 heteroatoms. The van der Waals surface area contributed by atoms with Crippen molar-refractivity contribution in [1.29, 1.82) is 0 Å². The van der Waals surface area contributed by atoms with E-state index in [4.69, 9.17) is 0 Å². The molecular weight excluding hydrogens is 269 g/mol. The van der Waals surface area contributed by atoms with Crippen LogP contribution < -0.4 is 0 Å². The summed E-state index contributed by atoms with van der Waals surface area (Å²) >= 11 is 0. The molecule has 0 N–H and O–H groups in total. The number of halogens is 1. The Balaban J connectivity index is 1.91. The van der Waals surface area contributed by atoms with E-state index in [9.17, 15) is 14.0 Å². The zero-order valence-corrected chi connectivity index (χ0v) is 12.4. The molecule has 1 saturated carbocycles. The van der Waals surface area contributed by atoms with Crippen molar-refractivity contribution < 1.29 is 14.0 Å². The molecule has 21 heavy (non-hydrogen) atoms. The Kier molecular flexibility index (Phi) is 4.66. The molecule has 0 heterocycles. The van der Waals surface area contributed by atoms with Crippen LogP contribution in [0.4, 0.5) is 4.39 Å². The third-order valence-corrected chi connectivity index (χ3v) is 3.72. The van der Waals surface area contributed by atoms with E-state index in [2.05, 4.69) is 4.99 Å². The number of hydrogen-bond acceptors (Lipinski definition) is 3. The molecule has 0 unspecified atom stereocenters. The van der Waals surface area contributed by atoms with E-state index in [1.165, 1.54) is 12.3 Å². The quantitative estimate of drug-likeness (QED) is 0.632. The normalized spacial score (nSPS) is 19.4. The number of Topliss-reactive ketones (excluding diaryl/α,β-unsaturated/α-hetero) is 2. The first kappa shape index (κ1) is 15.5. The van der Waals surface area contributed by atoms with Crippen molar-refractivity contribution in [3.63, 3.8) is 0 Å². The van der Waals surface area contributed by atoms with Crippen molar-refractivity contribution in [3.8, 4) is 0 Å². The van der Waals surface area contributed by atoms with Gasteiger partial charge in [0.05, 0.1) is 0 Å². The van der Waals surface area contributed by atoms with Crippen LogP contribution in [0.3, 0.4) is 0 Å². The Hall–Kier alpha value is -1.84. The molecule has 3 nitrogen and oxygen atoms in total. The fraction of sp³-hybridized carbons (Fsp3) is 0.471. The molecule has 0 atom stereocenters. The van der Waals surface area contributed by atoms with Gasteiger partial charge in [-0.3, -0.25) is 14.6 Å². The summed E-state index contributed by atoms with van der Waals surface area (Å²) in [5.74, 6) is -1.09. The second-order valence-corrected chi connectivity index (χ2v) is 6.32. The highest BCUT2D eigenvalue weighted by molar-refractivity contribution is 6.16. The zero-order valence-electron chi connectivity index (χ0n) is 12.4. The highest BCUT2D eigenvalue weighted by Crippen LogP contribution is 2.33. The summed E-state index contributed by atoms with van der Waals surface area (Å²) in [5.41, 5.74) is 0.350. The van der Waals surface area contributed by atoms with Crippen molar-refractivity contribution in [3.05, 3.63) is 35.6 Å². The maximum atomic E-state index is 13.4. The summed E-state index contributed by atoms with van der Waals surface area (Å²) in [7, 11) is 0. The summed E-state index contributed by atoms with van der Waals surface area (Å²) in [4.78, 5) is 28.1. The molecule has 1 aliphatic rings. The van der Waals surface area contributed by atoms with E-state index in [0.717, 1.165) is 0 Å². The molecule has 0 aliphatic heterocycles. The molecule has 2 rings (SSSR count). The van der Waals surface area contributed by atoms with E-state index in [-0.39, 0.29) is 22.8 Å². The van der Waals surface area contributed by atoms with Crippen LogP contribution in [0.2, 0.25) is 0 Å². The number of nitrogens with zero attached hydrogens (tertiary/aromatic N) is 1. The molecule has 0 bridgehead atoms. The lowest BCUT2D eigenvalue weighted by molar-refractivity contribution is -0.136. The second-order valence-electron chi connectivity index (χ2n) is 6.32. The Bertz CT molecular complexity index is 558. The predicted molar refractivity (Wildman–Crippen MR) is 80.0 cm³/mol. The molecule has 1 aromatic rings. The van der Waals surface area contributed by atoms with Crippen LogP contribution in [0.5, 0.6) is 0 Å². The van der Waals surface area contributed by atoms with E-state index in [1.807, 2.05) is 13.8 Å². The minimum absolute atomic E-state index is 0.0640. The SMILES string of the molecule is CC1(C)CC(=O)C(C=NCCc2ccccc2F)C(=O)C1. The van der Waals surface area contributed by atoms with Crippen LogP contribution in [0.25, 0.3) is 0 Å². The fourth-order valence-corrected chi connectivity index (χ4v) is 2.64. The molecule has 1 aliphatic carbocycles. The smallest absolute Gasteiger partial charge is 0.149 e. The molecule has 1 aromatic carbocycles. The van der Waals surface area contributed by atoms with Gasteiger partial charge in [-0.05, 0) is 23.5 Å². The van der Waals surface area contributed by atoms with Crippen molar-refractivity contribution in [2.75, 3.05) is 6.54 Å². The third-order valence-electron chi connectivity index (χ3n) is 3.72. The molecule has 0 amide bonds. The standard InChI is InChI=1S/C17H20FNO2/c1-17(2)9-15(20)13(16(21)10-17)11-19-8-7-12-5-3-4-6-14(12)18/h3-6,11,13H,7-10H2,1-2H3. The van der Waals surface area contributed by atoms with Crippen LogP contribution in [0, 0.1) is 17.2 Å². The first-order valence-corrected chi connectivity index (χ1v) is 7.18. The maximum absolute atomic E-state index is 13.4. The van der Waals surface area contributed by atoms with E-state index >= 15 is 0 Å². The Morgan fingerprint density at radius 1 is 1.24 bits per heavy atom. The Morgan fingerprint density at radius 3 is 2.48 bits per heavy atom. The topological polar surface area (TPSA) is 46.5 Å². The van der Waals surface area contributed by atoms with Crippen LogP contribution in [-0.4, -0.2) is 24.3 Å². The minimum atomic E-state index is -0.710. The van der Waals surface area contributed by atoms with Gasteiger partial charge in [0.25, 0.3) is 0 Å². The molecule has 0 saturated heterocycles. The van der Waals surface area contributed by atoms with Gasteiger partial charge in [-0.25, -0.2) is 4.39 Å². The zero-order chi connectivity index (χ0) is 15.5. The lowest BCUT2D eigenvalue weighted by atomic mass is 9.72. The summed E-state index contributed by atoms with van der Waals surface area (Å²) in [6, 6.07) is 6.54. The monoisotopic (exact) mass is 289 g/mol. The van der Waals surface area contributed by atoms with Crippen LogP contribution in [0.1, 0.15) is 32.3 Å². The summed E-state index contributed by atoms with van der Waals surface area (Å²) in [6.45, 7) is 4.23. The molecule has 0 spiro atoms. The number of carbonyl (C=O) groups is 2. The molecule has 0 aromatic heterocycles. The second kappa shape index (κ2) is 6.29. The summed E-state index contributed by atoms with van der Waals surface area (Å²) < 4.78 is 13.4. The van der Waals surface area contributed by atoms with Gasteiger partial charge in [0.1, 0.15) is 23.3 Å². The summed E-state index contributed by atoms with van der Waals surface area (Å²) in [5, 5.41) is 0. The first-order valence-electron chi connectivity index (χ1n) is 7.18. The summed E-state index contributed by atoms with van der Waals surface area (Å²) in [6.07, 6.45) is 2.72. The van der Waals surface area contributed by atoms with Crippen molar-refractivity contribution >= 4 is 17.8 Å². The highest BCUT2D eigenvalue weighted by atomic mass is 19.1.